The average molecular weight is 581 g/mol. The van der Waals surface area contributed by atoms with Crippen LogP contribution in [0.2, 0.25) is 0 Å². The van der Waals surface area contributed by atoms with Crippen molar-refractivity contribution in [1.82, 2.24) is 9.80 Å². The summed E-state index contributed by atoms with van der Waals surface area (Å²) >= 11 is 3.24. The van der Waals surface area contributed by atoms with E-state index >= 15 is 0 Å². The number of thiophene rings is 2. The van der Waals surface area contributed by atoms with E-state index in [4.69, 9.17) is 0 Å². The summed E-state index contributed by atoms with van der Waals surface area (Å²) in [5, 5.41) is 4.09. The van der Waals surface area contributed by atoms with Gasteiger partial charge in [-0.3, -0.25) is 9.59 Å². The monoisotopic (exact) mass is 580 g/mol. The Morgan fingerprint density at radius 3 is 1.20 bits per heavy atom. The summed E-state index contributed by atoms with van der Waals surface area (Å²) in [5.74, 6) is 0.0213. The molecule has 0 atom stereocenters. The lowest BCUT2D eigenvalue weighted by molar-refractivity contribution is -0.124. The van der Waals surface area contributed by atoms with Crippen LogP contribution in [0, 0.1) is 0 Å². The fourth-order valence-corrected chi connectivity index (χ4v) is 7.54. The number of unbranched alkanes of at least 4 members (excludes halogenated alkanes) is 14. The number of fused-ring (bicyclic) bond motifs is 1. The fourth-order valence-electron chi connectivity index (χ4n) is 5.97. The van der Waals surface area contributed by atoms with Crippen molar-refractivity contribution in [3.05, 3.63) is 55.9 Å². The molecule has 40 heavy (non-hydrogen) atoms. The number of nitrogens with zero attached hydrogens (tertiary/aromatic N) is 2. The molecule has 0 radical (unpaired) electrons. The highest BCUT2D eigenvalue weighted by atomic mass is 32.1. The molecule has 2 aliphatic heterocycles. The van der Waals surface area contributed by atoms with Gasteiger partial charge in [0.1, 0.15) is 0 Å². The van der Waals surface area contributed by atoms with E-state index in [1.165, 1.54) is 77.0 Å². The zero-order chi connectivity index (χ0) is 28.2. The van der Waals surface area contributed by atoms with Crippen LogP contribution in [0.5, 0.6) is 0 Å². The van der Waals surface area contributed by atoms with E-state index in [0.717, 1.165) is 46.8 Å². The third-order valence-electron chi connectivity index (χ3n) is 8.16. The van der Waals surface area contributed by atoms with Crippen molar-refractivity contribution in [2.75, 3.05) is 13.1 Å². The second-order valence-electron chi connectivity index (χ2n) is 11.3. The Kier molecular flexibility index (Phi) is 12.5. The van der Waals surface area contributed by atoms with Gasteiger partial charge in [-0.2, -0.15) is 0 Å². The maximum atomic E-state index is 14.1. The zero-order valence-corrected chi connectivity index (χ0v) is 26.4. The van der Waals surface area contributed by atoms with Crippen molar-refractivity contribution < 1.29 is 9.59 Å². The lowest BCUT2D eigenvalue weighted by Gasteiger charge is -2.24. The van der Waals surface area contributed by atoms with Crippen molar-refractivity contribution in [2.24, 2.45) is 0 Å². The largest absolute Gasteiger partial charge is 0.306 e. The van der Waals surface area contributed by atoms with Gasteiger partial charge in [-0.1, -0.05) is 116 Å². The van der Waals surface area contributed by atoms with E-state index in [-0.39, 0.29) is 11.8 Å². The standard InChI is InChI=1S/C34H48N2O2S2/c1-3-5-7-9-11-13-15-17-23-35-31(27-21-19-25-39-27)29-30(33(35)37)32(28-22-20-26-40-28)36(34(29)38)24-18-16-14-12-10-8-6-4-2/h19-22,25-26H,3-18,23-24H2,1-2H3. The van der Waals surface area contributed by atoms with Crippen molar-refractivity contribution in [1.29, 1.82) is 0 Å². The number of hydrogen-bond acceptors (Lipinski definition) is 4. The highest BCUT2D eigenvalue weighted by Crippen LogP contribution is 2.48. The second-order valence-corrected chi connectivity index (χ2v) is 13.2. The molecule has 2 aliphatic rings. The van der Waals surface area contributed by atoms with Crippen LogP contribution in [0.25, 0.3) is 11.4 Å². The highest BCUT2D eigenvalue weighted by molar-refractivity contribution is 7.11. The maximum absolute atomic E-state index is 14.1. The van der Waals surface area contributed by atoms with Gasteiger partial charge < -0.3 is 9.80 Å². The molecule has 0 fully saturated rings. The minimum Gasteiger partial charge on any atom is -0.306 e. The topological polar surface area (TPSA) is 40.6 Å². The first-order chi connectivity index (χ1) is 19.7. The Balaban J connectivity index is 1.48. The van der Waals surface area contributed by atoms with E-state index in [0.29, 0.717) is 24.2 Å². The molecule has 0 unspecified atom stereocenters. The van der Waals surface area contributed by atoms with Gasteiger partial charge in [0.15, 0.2) is 0 Å². The first-order valence-electron chi connectivity index (χ1n) is 15.9. The third-order valence-corrected chi connectivity index (χ3v) is 9.91. The minimum absolute atomic E-state index is 0.0107. The molecular formula is C34H48N2O2S2. The average Bonchev–Trinajstić information content (AvgIpc) is 3.76. The zero-order valence-electron chi connectivity index (χ0n) is 24.7. The van der Waals surface area contributed by atoms with Gasteiger partial charge in [0.2, 0.25) is 0 Å². The molecule has 218 valence electrons. The van der Waals surface area contributed by atoms with Gasteiger partial charge >= 0.3 is 0 Å². The van der Waals surface area contributed by atoms with Gasteiger partial charge in [0.05, 0.1) is 32.3 Å². The molecule has 0 N–H and O–H groups in total. The first kappa shape index (κ1) is 30.8. The smallest absolute Gasteiger partial charge is 0.261 e. The number of rotatable bonds is 20. The fraction of sp³-hybridized carbons (Fsp3) is 0.588. The molecular weight excluding hydrogens is 533 g/mol. The Morgan fingerprint density at radius 1 is 0.525 bits per heavy atom. The van der Waals surface area contributed by atoms with Crippen LogP contribution in [-0.2, 0) is 9.59 Å². The van der Waals surface area contributed by atoms with Crippen LogP contribution >= 0.6 is 22.7 Å². The van der Waals surface area contributed by atoms with Crippen molar-refractivity contribution >= 4 is 45.9 Å². The lowest BCUT2D eigenvalue weighted by atomic mass is 10.1. The molecule has 0 aliphatic carbocycles. The van der Waals surface area contributed by atoms with Crippen LogP contribution in [0.4, 0.5) is 0 Å². The van der Waals surface area contributed by atoms with Gasteiger partial charge in [-0.25, -0.2) is 0 Å². The maximum Gasteiger partial charge on any atom is 0.261 e. The van der Waals surface area contributed by atoms with Crippen LogP contribution in [0.3, 0.4) is 0 Å². The summed E-state index contributed by atoms with van der Waals surface area (Å²) < 4.78 is 0. The Morgan fingerprint density at radius 2 is 0.875 bits per heavy atom. The predicted octanol–water partition coefficient (Wildman–Crippen LogP) is 9.90. The summed E-state index contributed by atoms with van der Waals surface area (Å²) in [4.78, 5) is 34.1. The van der Waals surface area contributed by atoms with Gasteiger partial charge in [-0.05, 0) is 35.7 Å². The Bertz CT molecular complexity index is 1040. The molecule has 4 nitrogen and oxygen atoms in total. The Labute approximate surface area is 250 Å². The van der Waals surface area contributed by atoms with Crippen molar-refractivity contribution in [3.8, 4) is 0 Å². The highest BCUT2D eigenvalue weighted by Gasteiger charge is 2.48. The molecule has 0 saturated carbocycles. The summed E-state index contributed by atoms with van der Waals surface area (Å²) in [5.41, 5.74) is 2.95. The third kappa shape index (κ3) is 7.55. The molecule has 6 heteroatoms. The molecule has 2 aromatic heterocycles. The normalized spacial score (nSPS) is 15.3. The quantitative estimate of drug-likeness (QED) is 0.146. The number of hydrogen-bond donors (Lipinski definition) is 0. The molecule has 4 heterocycles. The number of amides is 2. The first-order valence-corrected chi connectivity index (χ1v) is 17.6. The molecule has 2 amide bonds. The minimum atomic E-state index is 0.0107. The van der Waals surface area contributed by atoms with Crippen LogP contribution < -0.4 is 0 Å². The lowest BCUT2D eigenvalue weighted by Crippen LogP contribution is -2.30. The molecule has 0 spiro atoms. The SMILES string of the molecule is CCCCCCCCCCN1C(=O)C2=C(c3cccs3)N(CCCCCCCCCC)C(=O)C2=C1c1cccs1. The van der Waals surface area contributed by atoms with Crippen LogP contribution in [0.15, 0.2) is 46.2 Å². The summed E-state index contributed by atoms with van der Waals surface area (Å²) in [6.07, 6.45) is 19.6. The van der Waals surface area contributed by atoms with Gasteiger partial charge in [0, 0.05) is 13.1 Å². The number of carbonyl (C=O) groups is 2. The van der Waals surface area contributed by atoms with Crippen LogP contribution in [-0.4, -0.2) is 34.7 Å². The van der Waals surface area contributed by atoms with Crippen molar-refractivity contribution in [2.45, 2.75) is 117 Å². The van der Waals surface area contributed by atoms with E-state index in [1.807, 2.05) is 32.7 Å². The van der Waals surface area contributed by atoms with E-state index < -0.39 is 0 Å². The van der Waals surface area contributed by atoms with Crippen LogP contribution in [0.1, 0.15) is 126 Å². The van der Waals surface area contributed by atoms with Gasteiger partial charge in [-0.15, -0.1) is 22.7 Å². The summed E-state index contributed by atoms with van der Waals surface area (Å²) in [6, 6.07) is 8.16. The summed E-state index contributed by atoms with van der Waals surface area (Å²) in [7, 11) is 0. The van der Waals surface area contributed by atoms with Gasteiger partial charge in [0.25, 0.3) is 11.8 Å². The van der Waals surface area contributed by atoms with E-state index in [1.54, 1.807) is 22.7 Å². The molecule has 4 rings (SSSR count). The van der Waals surface area contributed by atoms with E-state index in [2.05, 4.69) is 26.0 Å². The van der Waals surface area contributed by atoms with Crippen molar-refractivity contribution in [3.63, 3.8) is 0 Å². The summed E-state index contributed by atoms with van der Waals surface area (Å²) in [6.45, 7) is 5.86. The Hall–Kier alpha value is -2.18. The predicted molar refractivity (Wildman–Crippen MR) is 171 cm³/mol. The molecule has 0 aromatic carbocycles. The second kappa shape index (κ2) is 16.3. The van der Waals surface area contributed by atoms with E-state index in [9.17, 15) is 9.59 Å². The number of carbonyl (C=O) groups excluding carboxylic acids is 2. The molecule has 0 saturated heterocycles. The molecule has 0 bridgehead atoms. The molecule has 2 aromatic rings.